The second-order valence-corrected chi connectivity index (χ2v) is 2.96. The van der Waals surface area contributed by atoms with Crippen molar-refractivity contribution in [1.82, 2.24) is 4.98 Å². The number of rotatable bonds is 1. The Kier molecular flexibility index (Phi) is 1.72. The van der Waals surface area contributed by atoms with Crippen LogP contribution >= 0.6 is 0 Å². The summed E-state index contributed by atoms with van der Waals surface area (Å²) >= 11 is 0. The molecule has 10 heavy (non-hydrogen) atoms. The lowest BCUT2D eigenvalue weighted by Crippen LogP contribution is -2.28. The highest BCUT2D eigenvalue weighted by molar-refractivity contribution is 5.18. The van der Waals surface area contributed by atoms with Gasteiger partial charge in [0, 0.05) is 17.9 Å². The van der Waals surface area contributed by atoms with E-state index >= 15 is 0 Å². The van der Waals surface area contributed by atoms with Gasteiger partial charge in [-0.3, -0.25) is 4.98 Å². The molecule has 0 fully saturated rings. The Labute approximate surface area is 61.1 Å². The quantitative estimate of drug-likeness (QED) is 0.631. The van der Waals surface area contributed by atoms with Crippen molar-refractivity contribution in [3.63, 3.8) is 0 Å². The van der Waals surface area contributed by atoms with Crippen LogP contribution in [0.4, 0.5) is 0 Å². The van der Waals surface area contributed by atoms with Gasteiger partial charge in [0.25, 0.3) is 0 Å². The molecule has 1 heterocycles. The Morgan fingerprint density at radius 1 is 1.30 bits per heavy atom. The molecule has 2 nitrogen and oxygen atoms in total. The van der Waals surface area contributed by atoms with Crippen LogP contribution in [0.2, 0.25) is 0 Å². The van der Waals surface area contributed by atoms with Crippen molar-refractivity contribution in [2.24, 2.45) is 5.73 Å². The van der Waals surface area contributed by atoms with E-state index in [0.717, 1.165) is 5.56 Å². The molecular weight excluding hydrogens is 124 g/mol. The molecule has 0 aliphatic carbocycles. The molecule has 2 N–H and O–H groups in total. The summed E-state index contributed by atoms with van der Waals surface area (Å²) in [7, 11) is 0. The van der Waals surface area contributed by atoms with E-state index in [9.17, 15) is 0 Å². The summed E-state index contributed by atoms with van der Waals surface area (Å²) in [5, 5.41) is 0. The lowest BCUT2D eigenvalue weighted by Gasteiger charge is -2.17. The van der Waals surface area contributed by atoms with Gasteiger partial charge in [-0.05, 0) is 31.5 Å². The topological polar surface area (TPSA) is 38.9 Å². The molecule has 0 aliphatic rings. The third kappa shape index (κ3) is 1.54. The SMILES string of the molecule is CC(C)(N)c1ccncc1. The van der Waals surface area contributed by atoms with E-state index in [2.05, 4.69) is 4.98 Å². The first kappa shape index (κ1) is 7.22. The second kappa shape index (κ2) is 2.39. The monoisotopic (exact) mass is 136 g/mol. The van der Waals surface area contributed by atoms with Crippen LogP contribution in [0.25, 0.3) is 0 Å². The molecule has 2 heteroatoms. The molecule has 0 radical (unpaired) electrons. The Morgan fingerprint density at radius 2 is 1.80 bits per heavy atom. The van der Waals surface area contributed by atoms with Crippen molar-refractivity contribution >= 4 is 0 Å². The van der Waals surface area contributed by atoms with E-state index in [1.165, 1.54) is 0 Å². The molecular formula is C8H12N2. The molecule has 54 valence electrons. The van der Waals surface area contributed by atoms with Crippen molar-refractivity contribution in [1.29, 1.82) is 0 Å². The van der Waals surface area contributed by atoms with Crippen LogP contribution in [0.1, 0.15) is 19.4 Å². The lowest BCUT2D eigenvalue weighted by atomic mass is 9.97. The summed E-state index contributed by atoms with van der Waals surface area (Å²) in [6.45, 7) is 3.95. The first-order valence-electron chi connectivity index (χ1n) is 3.30. The van der Waals surface area contributed by atoms with E-state index < -0.39 is 0 Å². The molecule has 0 saturated heterocycles. The molecule has 0 unspecified atom stereocenters. The molecule has 0 aromatic carbocycles. The Bertz CT molecular complexity index is 198. The van der Waals surface area contributed by atoms with Crippen molar-refractivity contribution in [3.05, 3.63) is 30.1 Å². The first-order chi connectivity index (χ1) is 4.61. The molecule has 0 spiro atoms. The smallest absolute Gasteiger partial charge is 0.0353 e. The zero-order chi connectivity index (χ0) is 7.61. The lowest BCUT2D eigenvalue weighted by molar-refractivity contribution is 0.553. The summed E-state index contributed by atoms with van der Waals surface area (Å²) in [5.74, 6) is 0. The number of hydrogen-bond acceptors (Lipinski definition) is 2. The third-order valence-electron chi connectivity index (χ3n) is 1.42. The van der Waals surface area contributed by atoms with Gasteiger partial charge in [-0.25, -0.2) is 0 Å². The first-order valence-corrected chi connectivity index (χ1v) is 3.30. The maximum Gasteiger partial charge on any atom is 0.0353 e. The molecule has 0 atom stereocenters. The van der Waals surface area contributed by atoms with E-state index in [-0.39, 0.29) is 5.54 Å². The van der Waals surface area contributed by atoms with Gasteiger partial charge in [-0.15, -0.1) is 0 Å². The van der Waals surface area contributed by atoms with Crippen LogP contribution in [-0.4, -0.2) is 4.98 Å². The number of hydrogen-bond donors (Lipinski definition) is 1. The second-order valence-electron chi connectivity index (χ2n) is 2.96. The van der Waals surface area contributed by atoms with Gasteiger partial charge in [0.2, 0.25) is 0 Å². The van der Waals surface area contributed by atoms with Crippen molar-refractivity contribution in [2.45, 2.75) is 19.4 Å². The molecule has 0 aliphatic heterocycles. The van der Waals surface area contributed by atoms with E-state index in [1.54, 1.807) is 12.4 Å². The number of pyridine rings is 1. The predicted octanol–water partition coefficient (Wildman–Crippen LogP) is 1.28. The summed E-state index contributed by atoms with van der Waals surface area (Å²) in [6, 6.07) is 3.86. The summed E-state index contributed by atoms with van der Waals surface area (Å²) in [5.41, 5.74) is 6.70. The minimum Gasteiger partial charge on any atom is -0.322 e. The van der Waals surface area contributed by atoms with E-state index in [0.29, 0.717) is 0 Å². The zero-order valence-electron chi connectivity index (χ0n) is 6.33. The Morgan fingerprint density at radius 3 is 2.10 bits per heavy atom. The molecule has 0 bridgehead atoms. The van der Waals surface area contributed by atoms with Crippen LogP contribution in [0.3, 0.4) is 0 Å². The Hall–Kier alpha value is -0.890. The molecule has 1 aromatic rings. The zero-order valence-corrected chi connectivity index (χ0v) is 6.33. The highest BCUT2D eigenvalue weighted by atomic mass is 14.7. The van der Waals surface area contributed by atoms with Gasteiger partial charge in [-0.1, -0.05) is 0 Å². The number of nitrogens with zero attached hydrogens (tertiary/aromatic N) is 1. The van der Waals surface area contributed by atoms with Gasteiger partial charge in [0.1, 0.15) is 0 Å². The highest BCUT2D eigenvalue weighted by Gasteiger charge is 2.12. The molecule has 1 rings (SSSR count). The molecule has 1 aromatic heterocycles. The van der Waals surface area contributed by atoms with Gasteiger partial charge in [0.05, 0.1) is 0 Å². The predicted molar refractivity (Wildman–Crippen MR) is 41.5 cm³/mol. The van der Waals surface area contributed by atoms with Crippen molar-refractivity contribution < 1.29 is 0 Å². The van der Waals surface area contributed by atoms with Crippen LogP contribution in [-0.2, 0) is 5.54 Å². The van der Waals surface area contributed by atoms with Crippen LogP contribution in [0.15, 0.2) is 24.5 Å². The maximum atomic E-state index is 5.83. The maximum absolute atomic E-state index is 5.83. The van der Waals surface area contributed by atoms with Crippen LogP contribution in [0.5, 0.6) is 0 Å². The average molecular weight is 136 g/mol. The largest absolute Gasteiger partial charge is 0.322 e. The standard InChI is InChI=1S/C8H12N2/c1-8(2,9)7-3-5-10-6-4-7/h3-6H,9H2,1-2H3. The summed E-state index contributed by atoms with van der Waals surface area (Å²) in [4.78, 5) is 3.90. The summed E-state index contributed by atoms with van der Waals surface area (Å²) < 4.78 is 0. The fourth-order valence-corrected chi connectivity index (χ4v) is 0.781. The Balaban J connectivity index is 2.97. The number of nitrogens with two attached hydrogens (primary N) is 1. The highest BCUT2D eigenvalue weighted by Crippen LogP contribution is 2.13. The molecule has 0 saturated carbocycles. The van der Waals surface area contributed by atoms with Gasteiger partial charge in [0.15, 0.2) is 0 Å². The normalized spacial score (nSPS) is 11.5. The van der Waals surface area contributed by atoms with Gasteiger partial charge >= 0.3 is 0 Å². The number of aromatic nitrogens is 1. The van der Waals surface area contributed by atoms with Crippen LogP contribution < -0.4 is 5.73 Å². The third-order valence-corrected chi connectivity index (χ3v) is 1.42. The van der Waals surface area contributed by atoms with Gasteiger partial charge < -0.3 is 5.73 Å². The van der Waals surface area contributed by atoms with Crippen molar-refractivity contribution in [2.75, 3.05) is 0 Å². The minimum absolute atomic E-state index is 0.247. The minimum atomic E-state index is -0.247. The fourth-order valence-electron chi connectivity index (χ4n) is 0.781. The van der Waals surface area contributed by atoms with E-state index in [4.69, 9.17) is 5.73 Å². The molecule has 0 amide bonds. The van der Waals surface area contributed by atoms with Gasteiger partial charge in [-0.2, -0.15) is 0 Å². The fraction of sp³-hybridized carbons (Fsp3) is 0.375. The summed E-state index contributed by atoms with van der Waals surface area (Å²) in [6.07, 6.45) is 3.51. The van der Waals surface area contributed by atoms with Crippen LogP contribution in [0, 0.1) is 0 Å². The van der Waals surface area contributed by atoms with Crippen molar-refractivity contribution in [3.8, 4) is 0 Å². The average Bonchev–Trinajstić information content (AvgIpc) is 1.88. The van der Waals surface area contributed by atoms with E-state index in [1.807, 2.05) is 26.0 Å².